The quantitative estimate of drug-likeness (QED) is 0.800. The average molecular weight is 280 g/mol. The van der Waals surface area contributed by atoms with Gasteiger partial charge in [-0.2, -0.15) is 4.98 Å². The molecule has 2 aliphatic heterocycles. The molecule has 3 rings (SSSR count). The van der Waals surface area contributed by atoms with Crippen molar-refractivity contribution in [1.82, 2.24) is 19.9 Å². The molecule has 6 heteroatoms. The molecule has 0 amide bonds. The van der Waals surface area contributed by atoms with Crippen molar-refractivity contribution in [3.05, 3.63) is 11.7 Å². The summed E-state index contributed by atoms with van der Waals surface area (Å²) in [6.45, 7) is 9.20. The molecule has 0 bridgehead atoms. The number of rotatable bonds is 5. The highest BCUT2D eigenvalue weighted by molar-refractivity contribution is 4.87. The largest absolute Gasteiger partial charge is 0.377 e. The predicted octanol–water partition coefficient (Wildman–Crippen LogP) is 0.929. The molecule has 6 nitrogen and oxygen atoms in total. The van der Waals surface area contributed by atoms with Gasteiger partial charge in [0.05, 0.1) is 12.6 Å². The average Bonchev–Trinajstić information content (AvgIpc) is 3.12. The van der Waals surface area contributed by atoms with Crippen LogP contribution < -0.4 is 0 Å². The molecule has 2 fully saturated rings. The second-order valence-electron chi connectivity index (χ2n) is 5.67. The Morgan fingerprint density at radius 3 is 2.65 bits per heavy atom. The summed E-state index contributed by atoms with van der Waals surface area (Å²) >= 11 is 0. The minimum atomic E-state index is 0.463. The van der Waals surface area contributed by atoms with Crippen LogP contribution in [0.5, 0.6) is 0 Å². The number of hydrogen-bond donors (Lipinski definition) is 0. The highest BCUT2D eigenvalue weighted by atomic mass is 16.5. The molecule has 112 valence electrons. The van der Waals surface area contributed by atoms with E-state index in [-0.39, 0.29) is 0 Å². The van der Waals surface area contributed by atoms with Gasteiger partial charge in [0.25, 0.3) is 0 Å². The number of hydrogen-bond acceptors (Lipinski definition) is 6. The van der Waals surface area contributed by atoms with Crippen LogP contribution in [-0.2, 0) is 17.7 Å². The first-order valence-corrected chi connectivity index (χ1v) is 7.71. The number of ether oxygens (including phenoxy) is 1. The van der Waals surface area contributed by atoms with Crippen molar-refractivity contribution in [1.29, 1.82) is 0 Å². The summed E-state index contributed by atoms with van der Waals surface area (Å²) in [6.07, 6.45) is 3.74. The zero-order valence-corrected chi connectivity index (χ0v) is 12.3. The van der Waals surface area contributed by atoms with E-state index in [4.69, 9.17) is 9.26 Å². The summed E-state index contributed by atoms with van der Waals surface area (Å²) in [5.41, 5.74) is 0. The second-order valence-corrected chi connectivity index (χ2v) is 5.67. The normalized spacial score (nSPS) is 25.4. The molecule has 2 aliphatic rings. The van der Waals surface area contributed by atoms with Crippen molar-refractivity contribution in [2.45, 2.75) is 38.8 Å². The lowest BCUT2D eigenvalue weighted by Gasteiger charge is -2.34. The van der Waals surface area contributed by atoms with Gasteiger partial charge < -0.3 is 9.26 Å². The van der Waals surface area contributed by atoms with Crippen LogP contribution in [0.15, 0.2) is 4.52 Å². The van der Waals surface area contributed by atoms with Crippen LogP contribution in [0.1, 0.15) is 31.5 Å². The van der Waals surface area contributed by atoms with Crippen molar-refractivity contribution >= 4 is 0 Å². The Hall–Kier alpha value is -0.980. The molecule has 1 aromatic heterocycles. The van der Waals surface area contributed by atoms with Crippen molar-refractivity contribution in [2.75, 3.05) is 39.3 Å². The Kier molecular flexibility index (Phi) is 4.65. The SMILES string of the molecule is CCc1noc(CN2CCN(CC3CCCO3)CC2)n1. The summed E-state index contributed by atoms with van der Waals surface area (Å²) in [4.78, 5) is 9.27. The highest BCUT2D eigenvalue weighted by Crippen LogP contribution is 2.15. The van der Waals surface area contributed by atoms with E-state index in [1.54, 1.807) is 0 Å². The minimum absolute atomic E-state index is 0.463. The van der Waals surface area contributed by atoms with Crippen LogP contribution >= 0.6 is 0 Å². The number of aromatic nitrogens is 2. The molecule has 1 atom stereocenters. The predicted molar refractivity (Wildman–Crippen MR) is 74.4 cm³/mol. The van der Waals surface area contributed by atoms with Crippen LogP contribution in [0, 0.1) is 0 Å². The fourth-order valence-electron chi connectivity index (χ4n) is 2.90. The van der Waals surface area contributed by atoms with E-state index in [2.05, 4.69) is 19.9 Å². The third kappa shape index (κ3) is 3.56. The summed E-state index contributed by atoms with van der Waals surface area (Å²) in [6, 6.07) is 0. The molecule has 20 heavy (non-hydrogen) atoms. The van der Waals surface area contributed by atoms with Crippen molar-refractivity contribution in [3.8, 4) is 0 Å². The smallest absolute Gasteiger partial charge is 0.240 e. The van der Waals surface area contributed by atoms with E-state index in [9.17, 15) is 0 Å². The minimum Gasteiger partial charge on any atom is -0.377 e. The fourth-order valence-corrected chi connectivity index (χ4v) is 2.90. The van der Waals surface area contributed by atoms with Crippen molar-refractivity contribution in [2.24, 2.45) is 0 Å². The van der Waals surface area contributed by atoms with Crippen LogP contribution in [0.4, 0.5) is 0 Å². The molecule has 0 radical (unpaired) electrons. The van der Waals surface area contributed by atoms with Gasteiger partial charge in [0, 0.05) is 45.8 Å². The molecule has 0 N–H and O–H groups in total. The first kappa shape index (κ1) is 14.0. The molecule has 0 aromatic carbocycles. The van der Waals surface area contributed by atoms with Gasteiger partial charge in [-0.05, 0) is 12.8 Å². The Labute approximate surface area is 120 Å². The molecule has 0 spiro atoms. The van der Waals surface area contributed by atoms with Gasteiger partial charge >= 0.3 is 0 Å². The van der Waals surface area contributed by atoms with E-state index in [0.717, 1.165) is 64.0 Å². The van der Waals surface area contributed by atoms with E-state index in [0.29, 0.717) is 6.10 Å². The lowest BCUT2D eigenvalue weighted by Crippen LogP contribution is -2.48. The molecular weight excluding hydrogens is 256 g/mol. The van der Waals surface area contributed by atoms with Gasteiger partial charge in [-0.3, -0.25) is 9.80 Å². The molecular formula is C14H24N4O2. The van der Waals surface area contributed by atoms with Crippen molar-refractivity contribution < 1.29 is 9.26 Å². The zero-order chi connectivity index (χ0) is 13.8. The fraction of sp³-hybridized carbons (Fsp3) is 0.857. The van der Waals surface area contributed by atoms with Gasteiger partial charge in [-0.1, -0.05) is 12.1 Å². The van der Waals surface area contributed by atoms with Gasteiger partial charge in [-0.15, -0.1) is 0 Å². The summed E-state index contributed by atoms with van der Waals surface area (Å²) in [5, 5.41) is 3.94. The lowest BCUT2D eigenvalue weighted by molar-refractivity contribution is 0.0468. The molecule has 3 heterocycles. The molecule has 1 unspecified atom stereocenters. The standard InChI is InChI=1S/C14H24N4O2/c1-2-13-15-14(20-16-13)11-18-7-5-17(6-8-18)10-12-4-3-9-19-12/h12H,2-11H2,1H3. The van der Waals surface area contributed by atoms with Crippen LogP contribution in [-0.4, -0.2) is 65.4 Å². The first-order valence-electron chi connectivity index (χ1n) is 7.71. The Bertz CT molecular complexity index is 409. The molecule has 1 aromatic rings. The van der Waals surface area contributed by atoms with Crippen LogP contribution in [0.3, 0.4) is 0 Å². The van der Waals surface area contributed by atoms with Gasteiger partial charge in [0.2, 0.25) is 5.89 Å². The van der Waals surface area contributed by atoms with E-state index >= 15 is 0 Å². The second kappa shape index (κ2) is 6.65. The van der Waals surface area contributed by atoms with E-state index in [1.165, 1.54) is 12.8 Å². The van der Waals surface area contributed by atoms with Crippen molar-refractivity contribution in [3.63, 3.8) is 0 Å². The van der Waals surface area contributed by atoms with Gasteiger partial charge in [-0.25, -0.2) is 0 Å². The maximum absolute atomic E-state index is 5.70. The number of piperazine rings is 1. The third-order valence-electron chi connectivity index (χ3n) is 4.14. The van der Waals surface area contributed by atoms with Crippen LogP contribution in [0.2, 0.25) is 0 Å². The Morgan fingerprint density at radius 1 is 1.20 bits per heavy atom. The zero-order valence-electron chi connectivity index (χ0n) is 12.3. The molecule has 0 saturated carbocycles. The van der Waals surface area contributed by atoms with Crippen LogP contribution in [0.25, 0.3) is 0 Å². The first-order chi connectivity index (χ1) is 9.83. The highest BCUT2D eigenvalue weighted by Gasteiger charge is 2.23. The van der Waals surface area contributed by atoms with Gasteiger partial charge in [0.15, 0.2) is 5.82 Å². The summed E-state index contributed by atoms with van der Waals surface area (Å²) < 4.78 is 11.0. The van der Waals surface area contributed by atoms with Gasteiger partial charge in [0.1, 0.15) is 0 Å². The molecule has 0 aliphatic carbocycles. The third-order valence-corrected chi connectivity index (χ3v) is 4.14. The summed E-state index contributed by atoms with van der Waals surface area (Å²) in [5.74, 6) is 1.55. The van der Waals surface area contributed by atoms with E-state index in [1.807, 2.05) is 6.92 Å². The Morgan fingerprint density at radius 2 is 2.00 bits per heavy atom. The summed E-state index contributed by atoms with van der Waals surface area (Å²) in [7, 11) is 0. The maximum atomic E-state index is 5.70. The monoisotopic (exact) mass is 280 g/mol. The Balaban J connectivity index is 1.41. The topological polar surface area (TPSA) is 54.6 Å². The maximum Gasteiger partial charge on any atom is 0.240 e. The van der Waals surface area contributed by atoms with E-state index < -0.39 is 0 Å². The molecule has 2 saturated heterocycles. The number of nitrogens with zero attached hydrogens (tertiary/aromatic N) is 4. The lowest BCUT2D eigenvalue weighted by atomic mass is 10.2. The number of aryl methyl sites for hydroxylation is 1.